The SMILES string of the molecule is Cc1cc(NC2CCOC(C)(C)C2)c(C(=O)O)cn1. The van der Waals surface area contributed by atoms with Gasteiger partial charge in [-0.05, 0) is 39.7 Å². The molecule has 0 aromatic carbocycles. The number of rotatable bonds is 3. The van der Waals surface area contributed by atoms with Crippen molar-refractivity contribution in [3.63, 3.8) is 0 Å². The topological polar surface area (TPSA) is 71.5 Å². The second-order valence-corrected chi connectivity index (χ2v) is 5.62. The molecule has 0 radical (unpaired) electrons. The van der Waals surface area contributed by atoms with Gasteiger partial charge in [-0.15, -0.1) is 0 Å². The Hall–Kier alpha value is -1.62. The minimum Gasteiger partial charge on any atom is -0.478 e. The van der Waals surface area contributed by atoms with Gasteiger partial charge < -0.3 is 15.2 Å². The van der Waals surface area contributed by atoms with E-state index in [2.05, 4.69) is 24.1 Å². The molecule has 2 rings (SSSR count). The molecule has 1 fully saturated rings. The highest BCUT2D eigenvalue weighted by atomic mass is 16.5. The number of hydrogen-bond donors (Lipinski definition) is 2. The summed E-state index contributed by atoms with van der Waals surface area (Å²) in [6, 6.07) is 2.01. The van der Waals surface area contributed by atoms with Gasteiger partial charge in [0.1, 0.15) is 5.56 Å². The molecule has 1 aromatic heterocycles. The third kappa shape index (κ3) is 3.44. The molecule has 0 bridgehead atoms. The Morgan fingerprint density at radius 3 is 2.95 bits per heavy atom. The van der Waals surface area contributed by atoms with Crippen molar-refractivity contribution in [2.45, 2.75) is 45.3 Å². The average molecular weight is 264 g/mol. The number of aromatic nitrogens is 1. The molecule has 0 spiro atoms. The molecule has 104 valence electrons. The highest BCUT2D eigenvalue weighted by molar-refractivity contribution is 5.93. The lowest BCUT2D eigenvalue weighted by Crippen LogP contribution is -2.40. The van der Waals surface area contributed by atoms with Gasteiger partial charge in [-0.2, -0.15) is 0 Å². The zero-order valence-electron chi connectivity index (χ0n) is 11.6. The molecule has 19 heavy (non-hydrogen) atoms. The smallest absolute Gasteiger partial charge is 0.339 e. The van der Waals surface area contributed by atoms with Crippen LogP contribution < -0.4 is 5.32 Å². The van der Waals surface area contributed by atoms with Crippen molar-refractivity contribution in [3.8, 4) is 0 Å². The minimum absolute atomic E-state index is 0.165. The van der Waals surface area contributed by atoms with E-state index in [9.17, 15) is 9.90 Å². The number of ether oxygens (including phenoxy) is 1. The number of hydrogen-bond acceptors (Lipinski definition) is 4. The molecule has 1 saturated heterocycles. The van der Waals surface area contributed by atoms with Crippen LogP contribution in [0.15, 0.2) is 12.3 Å². The maximum Gasteiger partial charge on any atom is 0.339 e. The van der Waals surface area contributed by atoms with Gasteiger partial charge in [-0.1, -0.05) is 0 Å². The number of aryl methyl sites for hydroxylation is 1. The fourth-order valence-electron chi connectivity index (χ4n) is 2.42. The Morgan fingerprint density at radius 1 is 1.58 bits per heavy atom. The van der Waals surface area contributed by atoms with Gasteiger partial charge in [0.2, 0.25) is 0 Å². The average Bonchev–Trinajstić information content (AvgIpc) is 2.27. The predicted molar refractivity (Wildman–Crippen MR) is 72.6 cm³/mol. The summed E-state index contributed by atoms with van der Waals surface area (Å²) in [5.41, 5.74) is 1.50. The normalized spacial score (nSPS) is 21.9. The van der Waals surface area contributed by atoms with E-state index in [4.69, 9.17) is 4.74 Å². The molecule has 1 aliphatic rings. The van der Waals surface area contributed by atoms with Gasteiger partial charge in [-0.3, -0.25) is 4.98 Å². The quantitative estimate of drug-likeness (QED) is 0.877. The molecule has 2 N–H and O–H groups in total. The van der Waals surface area contributed by atoms with Crippen LogP contribution in [0.25, 0.3) is 0 Å². The lowest BCUT2D eigenvalue weighted by molar-refractivity contribution is -0.0553. The number of aromatic carboxylic acids is 1. The molecule has 5 heteroatoms. The maximum absolute atomic E-state index is 11.2. The lowest BCUT2D eigenvalue weighted by atomic mass is 9.93. The van der Waals surface area contributed by atoms with E-state index in [1.807, 2.05) is 6.92 Å². The Bertz CT molecular complexity index is 486. The van der Waals surface area contributed by atoms with Crippen molar-refractivity contribution in [1.82, 2.24) is 4.98 Å². The summed E-state index contributed by atoms with van der Waals surface area (Å²) in [4.78, 5) is 15.2. The van der Waals surface area contributed by atoms with E-state index in [1.165, 1.54) is 6.20 Å². The Kier molecular flexibility index (Phi) is 3.75. The monoisotopic (exact) mass is 264 g/mol. The first-order valence-corrected chi connectivity index (χ1v) is 6.48. The molecule has 5 nitrogen and oxygen atoms in total. The molecule has 2 heterocycles. The van der Waals surface area contributed by atoms with E-state index in [0.717, 1.165) is 18.5 Å². The van der Waals surface area contributed by atoms with Crippen molar-refractivity contribution < 1.29 is 14.6 Å². The van der Waals surface area contributed by atoms with Crippen molar-refractivity contribution in [2.75, 3.05) is 11.9 Å². The highest BCUT2D eigenvalue weighted by Crippen LogP contribution is 2.27. The molecule has 0 saturated carbocycles. The minimum atomic E-state index is -0.957. The Labute approximate surface area is 113 Å². The van der Waals surface area contributed by atoms with Gasteiger partial charge in [0.05, 0.1) is 11.3 Å². The second kappa shape index (κ2) is 5.17. The molecule has 1 aliphatic heterocycles. The molecule has 1 atom stereocenters. The largest absolute Gasteiger partial charge is 0.478 e. The fourth-order valence-corrected chi connectivity index (χ4v) is 2.42. The summed E-state index contributed by atoms with van der Waals surface area (Å²) < 4.78 is 5.67. The van der Waals surface area contributed by atoms with E-state index >= 15 is 0 Å². The molecule has 1 unspecified atom stereocenters. The van der Waals surface area contributed by atoms with Gasteiger partial charge in [0, 0.05) is 24.5 Å². The summed E-state index contributed by atoms with van der Waals surface area (Å²) in [5.74, 6) is -0.957. The fraction of sp³-hybridized carbons (Fsp3) is 0.571. The summed E-state index contributed by atoms with van der Waals surface area (Å²) in [6.45, 7) is 6.65. The number of anilines is 1. The lowest BCUT2D eigenvalue weighted by Gasteiger charge is -2.36. The van der Waals surface area contributed by atoms with E-state index in [0.29, 0.717) is 12.3 Å². The maximum atomic E-state index is 11.2. The van der Waals surface area contributed by atoms with Crippen LogP contribution in [-0.4, -0.2) is 34.3 Å². The van der Waals surface area contributed by atoms with Crippen molar-refractivity contribution in [3.05, 3.63) is 23.5 Å². The third-order valence-corrected chi connectivity index (χ3v) is 3.33. The van der Waals surface area contributed by atoms with Gasteiger partial charge >= 0.3 is 5.97 Å². The molecular weight excluding hydrogens is 244 g/mol. The van der Waals surface area contributed by atoms with Gasteiger partial charge in [0.15, 0.2) is 0 Å². The third-order valence-electron chi connectivity index (χ3n) is 3.33. The standard InChI is InChI=1S/C14H20N2O3/c1-9-6-12(11(8-15-9)13(17)18)16-10-4-5-19-14(2,3)7-10/h6,8,10H,4-5,7H2,1-3H3,(H,15,16)(H,17,18). The van der Waals surface area contributed by atoms with Crippen LogP contribution in [0.2, 0.25) is 0 Å². The zero-order valence-corrected chi connectivity index (χ0v) is 11.6. The summed E-state index contributed by atoms with van der Waals surface area (Å²) in [6.07, 6.45) is 3.14. The first-order valence-electron chi connectivity index (χ1n) is 6.48. The first kappa shape index (κ1) is 13.8. The van der Waals surface area contributed by atoms with E-state index < -0.39 is 5.97 Å². The number of nitrogens with zero attached hydrogens (tertiary/aromatic N) is 1. The number of pyridine rings is 1. The number of carboxylic acids is 1. The number of carboxylic acid groups (broad SMARTS) is 1. The van der Waals surface area contributed by atoms with Crippen molar-refractivity contribution >= 4 is 11.7 Å². The van der Waals surface area contributed by atoms with Crippen LogP contribution in [0, 0.1) is 6.92 Å². The van der Waals surface area contributed by atoms with Crippen LogP contribution in [0.1, 0.15) is 42.7 Å². The van der Waals surface area contributed by atoms with E-state index in [-0.39, 0.29) is 17.2 Å². The number of nitrogens with one attached hydrogen (secondary N) is 1. The Morgan fingerprint density at radius 2 is 2.32 bits per heavy atom. The zero-order chi connectivity index (χ0) is 14.0. The van der Waals surface area contributed by atoms with Crippen LogP contribution in [0.5, 0.6) is 0 Å². The summed E-state index contributed by atoms with van der Waals surface area (Å²) in [5, 5.41) is 12.5. The Balaban J connectivity index is 2.18. The molecule has 0 amide bonds. The second-order valence-electron chi connectivity index (χ2n) is 5.62. The van der Waals surface area contributed by atoms with Crippen molar-refractivity contribution in [2.24, 2.45) is 0 Å². The number of carbonyl (C=O) groups is 1. The van der Waals surface area contributed by atoms with E-state index in [1.54, 1.807) is 6.07 Å². The van der Waals surface area contributed by atoms with Crippen molar-refractivity contribution in [1.29, 1.82) is 0 Å². The summed E-state index contributed by atoms with van der Waals surface area (Å²) in [7, 11) is 0. The van der Waals surface area contributed by atoms with Crippen LogP contribution in [0.4, 0.5) is 5.69 Å². The molecule has 1 aromatic rings. The molecular formula is C14H20N2O3. The van der Waals surface area contributed by atoms with Crippen LogP contribution in [0.3, 0.4) is 0 Å². The van der Waals surface area contributed by atoms with Gasteiger partial charge in [0.25, 0.3) is 0 Å². The first-order chi connectivity index (χ1) is 8.87. The predicted octanol–water partition coefficient (Wildman–Crippen LogP) is 2.46. The molecule has 0 aliphatic carbocycles. The van der Waals surface area contributed by atoms with Crippen LogP contribution in [-0.2, 0) is 4.74 Å². The highest BCUT2D eigenvalue weighted by Gasteiger charge is 2.29. The van der Waals surface area contributed by atoms with Gasteiger partial charge in [-0.25, -0.2) is 4.79 Å². The van der Waals surface area contributed by atoms with Crippen LogP contribution >= 0.6 is 0 Å². The summed E-state index contributed by atoms with van der Waals surface area (Å²) >= 11 is 0.